The number of aryl methyl sites for hydroxylation is 1. The van der Waals surface area contributed by atoms with Gasteiger partial charge in [0.15, 0.2) is 17.4 Å². The van der Waals surface area contributed by atoms with Crippen LogP contribution in [0.25, 0.3) is 5.70 Å². The van der Waals surface area contributed by atoms with Crippen LogP contribution in [0.4, 0.5) is 0 Å². The number of hydrogen-bond donors (Lipinski definition) is 0. The van der Waals surface area contributed by atoms with Crippen molar-refractivity contribution in [3.8, 4) is 0 Å². The fourth-order valence-electron chi connectivity index (χ4n) is 2.21. The number of nitrogens with zero attached hydrogens (tertiary/aromatic N) is 1. The number of carbonyl (C=O) groups is 2. The second-order valence-corrected chi connectivity index (χ2v) is 5.03. The number of Topliss-reactive ketones (excluding diaryl/α,β-unsaturated/α-hetero) is 2. The molecule has 3 nitrogen and oxygen atoms in total. The highest BCUT2D eigenvalue weighted by Crippen LogP contribution is 2.28. The predicted octanol–water partition coefficient (Wildman–Crippen LogP) is 2.77. The first-order valence-electron chi connectivity index (χ1n) is 6.16. The zero-order valence-corrected chi connectivity index (χ0v) is 11.5. The fourth-order valence-corrected chi connectivity index (χ4v) is 2.50. The SMILES string of the molecule is Cc1cc[n+](C2=C(Cl)C(=O)c3ccccc3C2=O)cc1. The Labute approximate surface area is 121 Å². The molecule has 0 saturated carbocycles. The third-order valence-corrected chi connectivity index (χ3v) is 3.64. The van der Waals surface area contributed by atoms with Gasteiger partial charge in [-0.05, 0) is 12.5 Å². The van der Waals surface area contributed by atoms with Gasteiger partial charge in [-0.15, -0.1) is 0 Å². The number of aromatic nitrogens is 1. The Morgan fingerprint density at radius 3 is 2.05 bits per heavy atom. The Morgan fingerprint density at radius 1 is 0.900 bits per heavy atom. The maximum absolute atomic E-state index is 12.5. The first-order valence-corrected chi connectivity index (χ1v) is 6.54. The lowest BCUT2D eigenvalue weighted by Crippen LogP contribution is -2.39. The molecule has 1 aliphatic carbocycles. The summed E-state index contributed by atoms with van der Waals surface area (Å²) in [6, 6.07) is 10.4. The monoisotopic (exact) mass is 284 g/mol. The Hall–Kier alpha value is -2.26. The number of benzene rings is 1. The van der Waals surface area contributed by atoms with Gasteiger partial charge >= 0.3 is 0 Å². The standard InChI is InChI=1S/C16H11ClNO2/c1-10-6-8-18(9-7-10)14-13(17)15(19)11-4-2-3-5-12(11)16(14)20/h2-9H,1H3/q+1. The van der Waals surface area contributed by atoms with Crippen molar-refractivity contribution in [3.05, 3.63) is 70.5 Å². The maximum atomic E-state index is 12.5. The summed E-state index contributed by atoms with van der Waals surface area (Å²) < 4.78 is 1.59. The summed E-state index contributed by atoms with van der Waals surface area (Å²) >= 11 is 6.12. The van der Waals surface area contributed by atoms with Gasteiger partial charge in [-0.3, -0.25) is 9.59 Å². The van der Waals surface area contributed by atoms with Crippen LogP contribution in [0.5, 0.6) is 0 Å². The molecule has 0 N–H and O–H groups in total. The average Bonchev–Trinajstić information content (AvgIpc) is 2.47. The van der Waals surface area contributed by atoms with E-state index in [1.165, 1.54) is 0 Å². The summed E-state index contributed by atoms with van der Waals surface area (Å²) in [4.78, 5) is 24.8. The molecule has 1 aromatic carbocycles. The Kier molecular flexibility index (Phi) is 2.99. The number of carbonyl (C=O) groups excluding carboxylic acids is 2. The van der Waals surface area contributed by atoms with Crippen LogP contribution in [0.1, 0.15) is 26.3 Å². The molecule has 0 spiro atoms. The molecule has 1 aliphatic rings. The normalized spacial score (nSPS) is 14.5. The number of halogens is 1. The van der Waals surface area contributed by atoms with Crippen molar-refractivity contribution in [2.45, 2.75) is 6.92 Å². The molecule has 1 heterocycles. The van der Waals surface area contributed by atoms with E-state index in [-0.39, 0.29) is 22.3 Å². The van der Waals surface area contributed by atoms with E-state index in [1.807, 2.05) is 19.1 Å². The van der Waals surface area contributed by atoms with Crippen LogP contribution >= 0.6 is 11.6 Å². The molecule has 0 radical (unpaired) electrons. The van der Waals surface area contributed by atoms with Crippen molar-refractivity contribution in [2.24, 2.45) is 0 Å². The fraction of sp³-hybridized carbons (Fsp3) is 0.0625. The maximum Gasteiger partial charge on any atom is 0.281 e. The molecule has 2 aromatic rings. The van der Waals surface area contributed by atoms with Crippen LogP contribution < -0.4 is 4.57 Å². The molecule has 4 heteroatoms. The minimum absolute atomic E-state index is 0.0393. The van der Waals surface area contributed by atoms with Gasteiger partial charge in [-0.1, -0.05) is 35.9 Å². The van der Waals surface area contributed by atoms with Crippen LogP contribution in [0.15, 0.2) is 53.8 Å². The highest BCUT2D eigenvalue weighted by molar-refractivity contribution is 6.54. The van der Waals surface area contributed by atoms with Crippen LogP contribution in [0, 0.1) is 6.92 Å². The van der Waals surface area contributed by atoms with Crippen LogP contribution in [0.2, 0.25) is 0 Å². The highest BCUT2D eigenvalue weighted by atomic mass is 35.5. The lowest BCUT2D eigenvalue weighted by atomic mass is 9.92. The van der Waals surface area contributed by atoms with Gasteiger partial charge < -0.3 is 0 Å². The molecule has 0 aliphatic heterocycles. The Bertz CT molecular complexity index is 760. The molecule has 0 amide bonds. The molecular formula is C16H11ClNO2+. The van der Waals surface area contributed by atoms with E-state index >= 15 is 0 Å². The molecule has 0 unspecified atom stereocenters. The van der Waals surface area contributed by atoms with Gasteiger partial charge in [0.1, 0.15) is 0 Å². The molecule has 98 valence electrons. The molecule has 3 rings (SSSR count). The summed E-state index contributed by atoms with van der Waals surface area (Å²) in [6.07, 6.45) is 3.46. The minimum atomic E-state index is -0.315. The van der Waals surface area contributed by atoms with E-state index in [9.17, 15) is 9.59 Å². The van der Waals surface area contributed by atoms with Crippen molar-refractivity contribution in [1.82, 2.24) is 0 Å². The summed E-state index contributed by atoms with van der Waals surface area (Å²) in [5.74, 6) is -0.552. The largest absolute Gasteiger partial charge is 0.287 e. The van der Waals surface area contributed by atoms with E-state index < -0.39 is 0 Å². The van der Waals surface area contributed by atoms with E-state index in [0.29, 0.717) is 11.1 Å². The number of hydrogen-bond acceptors (Lipinski definition) is 2. The van der Waals surface area contributed by atoms with Gasteiger partial charge in [0.05, 0.1) is 0 Å². The molecule has 0 atom stereocenters. The van der Waals surface area contributed by atoms with Crippen molar-refractivity contribution < 1.29 is 14.2 Å². The lowest BCUT2D eigenvalue weighted by Gasteiger charge is -2.13. The summed E-state index contributed by atoms with van der Waals surface area (Å²) in [5, 5.41) is -0.0393. The van der Waals surface area contributed by atoms with Crippen LogP contribution in [0.3, 0.4) is 0 Å². The predicted molar refractivity (Wildman–Crippen MR) is 75.5 cm³/mol. The molecule has 0 saturated heterocycles. The summed E-state index contributed by atoms with van der Waals surface area (Å²) in [5.41, 5.74) is 2.02. The molecular weight excluding hydrogens is 274 g/mol. The van der Waals surface area contributed by atoms with Crippen molar-refractivity contribution in [3.63, 3.8) is 0 Å². The Morgan fingerprint density at radius 2 is 1.45 bits per heavy atom. The summed E-state index contributed by atoms with van der Waals surface area (Å²) in [6.45, 7) is 1.95. The van der Waals surface area contributed by atoms with Gasteiger partial charge in [-0.2, -0.15) is 4.57 Å². The Balaban J connectivity index is 2.21. The topological polar surface area (TPSA) is 38.0 Å². The first kappa shape index (κ1) is 12.8. The molecule has 0 fully saturated rings. The number of allylic oxidation sites excluding steroid dienone is 2. The third-order valence-electron chi connectivity index (χ3n) is 3.29. The van der Waals surface area contributed by atoms with Crippen molar-refractivity contribution >= 4 is 28.9 Å². The van der Waals surface area contributed by atoms with Crippen LogP contribution in [-0.4, -0.2) is 11.6 Å². The second-order valence-electron chi connectivity index (χ2n) is 4.65. The third kappa shape index (κ3) is 1.87. The van der Waals surface area contributed by atoms with Gasteiger partial charge in [0.2, 0.25) is 5.78 Å². The number of fused-ring (bicyclic) bond motifs is 1. The van der Waals surface area contributed by atoms with Gasteiger partial charge in [0.25, 0.3) is 11.5 Å². The first-order chi connectivity index (χ1) is 9.59. The van der Waals surface area contributed by atoms with Gasteiger partial charge in [0, 0.05) is 23.3 Å². The zero-order valence-electron chi connectivity index (χ0n) is 10.8. The van der Waals surface area contributed by atoms with E-state index in [0.717, 1.165) is 5.56 Å². The number of rotatable bonds is 1. The second kappa shape index (κ2) is 4.69. The average molecular weight is 285 g/mol. The quantitative estimate of drug-likeness (QED) is 0.755. The van der Waals surface area contributed by atoms with Crippen LogP contribution in [-0.2, 0) is 0 Å². The van der Waals surface area contributed by atoms with Gasteiger partial charge in [-0.25, -0.2) is 0 Å². The van der Waals surface area contributed by atoms with Crippen molar-refractivity contribution in [1.29, 1.82) is 0 Å². The highest BCUT2D eigenvalue weighted by Gasteiger charge is 2.37. The molecule has 1 aromatic heterocycles. The zero-order chi connectivity index (χ0) is 14.3. The lowest BCUT2D eigenvalue weighted by molar-refractivity contribution is -0.577. The smallest absolute Gasteiger partial charge is 0.281 e. The summed E-state index contributed by atoms with van der Waals surface area (Å²) in [7, 11) is 0. The number of pyridine rings is 1. The molecule has 0 bridgehead atoms. The van der Waals surface area contributed by atoms with E-state index in [1.54, 1.807) is 41.2 Å². The minimum Gasteiger partial charge on any atom is -0.287 e. The van der Waals surface area contributed by atoms with E-state index in [2.05, 4.69) is 0 Å². The van der Waals surface area contributed by atoms with Crippen molar-refractivity contribution in [2.75, 3.05) is 0 Å². The molecule has 20 heavy (non-hydrogen) atoms. The van der Waals surface area contributed by atoms with E-state index in [4.69, 9.17) is 11.6 Å². The number of ketones is 2.